The highest BCUT2D eigenvalue weighted by molar-refractivity contribution is 5.72. The monoisotopic (exact) mass is 726 g/mol. The first-order valence-corrected chi connectivity index (χ1v) is 15.8. The number of alkyl halides is 2. The molecular weight excluding hydrogens is 697 g/mol. The molecule has 0 heterocycles. The Kier molecular flexibility index (Phi) is 11.5. The van der Waals surface area contributed by atoms with Gasteiger partial charge in [-0.05, 0) is 98.2 Å². The number of ether oxygens (including phenoxy) is 2. The smallest absolute Gasteiger partial charge is 0.429 e. The summed E-state index contributed by atoms with van der Waals surface area (Å²) in [5, 5.41) is 0. The molecule has 2 nitrogen and oxygen atoms in total. The molecule has 13 heteroatoms. The maximum atomic E-state index is 15.3. The van der Waals surface area contributed by atoms with Crippen LogP contribution in [0.4, 0.5) is 48.3 Å². The molecule has 51 heavy (non-hydrogen) atoms. The first kappa shape index (κ1) is 37.4. The zero-order valence-electron chi connectivity index (χ0n) is 26.8. The second-order valence-corrected chi connectivity index (χ2v) is 12.1. The van der Waals surface area contributed by atoms with Gasteiger partial charge in [0.05, 0.1) is 0 Å². The van der Waals surface area contributed by atoms with Crippen molar-refractivity contribution >= 4 is 0 Å². The van der Waals surface area contributed by atoms with Crippen molar-refractivity contribution in [2.24, 2.45) is 5.92 Å². The Balaban J connectivity index is 1.32. The lowest BCUT2D eigenvalue weighted by molar-refractivity contribution is -0.189. The van der Waals surface area contributed by atoms with E-state index in [1.54, 1.807) is 6.07 Å². The van der Waals surface area contributed by atoms with E-state index in [-0.39, 0.29) is 29.2 Å². The van der Waals surface area contributed by atoms with Gasteiger partial charge in [0, 0.05) is 23.3 Å². The van der Waals surface area contributed by atoms with E-state index in [4.69, 9.17) is 0 Å². The Morgan fingerprint density at radius 3 is 1.84 bits per heavy atom. The van der Waals surface area contributed by atoms with E-state index in [0.29, 0.717) is 18.1 Å². The van der Waals surface area contributed by atoms with Crippen molar-refractivity contribution < 1.29 is 57.8 Å². The Morgan fingerprint density at radius 2 is 1.27 bits per heavy atom. The highest BCUT2D eigenvalue weighted by Crippen LogP contribution is 2.41. The average molecular weight is 727 g/mol. The predicted molar refractivity (Wildman–Crippen MR) is 168 cm³/mol. The van der Waals surface area contributed by atoms with Crippen LogP contribution in [0.2, 0.25) is 0 Å². The van der Waals surface area contributed by atoms with Crippen LogP contribution in [0.25, 0.3) is 22.3 Å². The van der Waals surface area contributed by atoms with Crippen LogP contribution in [-0.2, 0) is 6.11 Å². The van der Waals surface area contributed by atoms with E-state index >= 15 is 8.78 Å². The lowest BCUT2D eigenvalue weighted by Gasteiger charge is -2.28. The second kappa shape index (κ2) is 15.6. The van der Waals surface area contributed by atoms with E-state index in [2.05, 4.69) is 15.5 Å². The van der Waals surface area contributed by atoms with Gasteiger partial charge in [0.25, 0.3) is 0 Å². The highest BCUT2D eigenvalue weighted by Gasteiger charge is 2.42. The van der Waals surface area contributed by atoms with Crippen molar-refractivity contribution in [2.45, 2.75) is 57.5 Å². The largest absolute Gasteiger partial charge is 0.432 e. The van der Waals surface area contributed by atoms with Gasteiger partial charge < -0.3 is 9.47 Å². The first-order chi connectivity index (χ1) is 24.2. The van der Waals surface area contributed by atoms with E-state index in [0.717, 1.165) is 56.2 Å². The van der Waals surface area contributed by atoms with Gasteiger partial charge in [0.2, 0.25) is 5.75 Å². The van der Waals surface area contributed by atoms with Crippen molar-refractivity contribution in [2.75, 3.05) is 0 Å². The summed E-state index contributed by atoms with van der Waals surface area (Å²) in [5.41, 5.74) is -1.90. The third-order valence-corrected chi connectivity index (χ3v) is 8.77. The molecule has 0 atom stereocenters. The molecule has 0 radical (unpaired) electrons. The van der Waals surface area contributed by atoms with Crippen LogP contribution in [0, 0.1) is 40.8 Å². The lowest BCUT2D eigenvalue weighted by Crippen LogP contribution is -2.25. The van der Waals surface area contributed by atoms with E-state index in [1.165, 1.54) is 18.2 Å². The fourth-order valence-corrected chi connectivity index (χ4v) is 6.25. The molecule has 0 N–H and O–H groups in total. The standard InChI is InChI=1S/C38H29F11O2/c1-2-3-4-5-20-6-8-21(9-7-20)22-10-12-26(28(39)14-22)23-11-13-27(29(40)15-23)24-16-30(41)34(31(42)17-24)38(48,49)51-25-18-32(43)35(33(44)19-25)50-37(47)36(45)46/h2-3,10-21H,4-9H2,1H3. The fourth-order valence-electron chi connectivity index (χ4n) is 6.25. The molecule has 270 valence electrons. The minimum absolute atomic E-state index is 0.0220. The maximum Gasteiger partial charge on any atom is 0.432 e. The second-order valence-electron chi connectivity index (χ2n) is 12.1. The van der Waals surface area contributed by atoms with Crippen molar-refractivity contribution in [3.8, 4) is 33.8 Å². The van der Waals surface area contributed by atoms with Gasteiger partial charge in [-0.3, -0.25) is 0 Å². The number of hydrogen-bond donors (Lipinski definition) is 0. The van der Waals surface area contributed by atoms with Gasteiger partial charge in [-0.25, -0.2) is 26.3 Å². The molecule has 0 amide bonds. The third kappa shape index (κ3) is 8.57. The molecular formula is C38H29F11O2. The van der Waals surface area contributed by atoms with Gasteiger partial charge in [0.1, 0.15) is 34.6 Å². The summed E-state index contributed by atoms with van der Waals surface area (Å²) in [7, 11) is 0. The summed E-state index contributed by atoms with van der Waals surface area (Å²) in [5.74, 6) is -11.7. The maximum absolute atomic E-state index is 15.3. The predicted octanol–water partition coefficient (Wildman–Crippen LogP) is 13.0. The van der Waals surface area contributed by atoms with Crippen molar-refractivity contribution in [3.63, 3.8) is 0 Å². The van der Waals surface area contributed by atoms with Gasteiger partial charge in [-0.1, -0.05) is 36.4 Å². The topological polar surface area (TPSA) is 18.5 Å². The van der Waals surface area contributed by atoms with Crippen LogP contribution in [0.3, 0.4) is 0 Å². The summed E-state index contributed by atoms with van der Waals surface area (Å²) in [6.45, 7) is 1.99. The summed E-state index contributed by atoms with van der Waals surface area (Å²) in [4.78, 5) is 0. The molecule has 4 aromatic carbocycles. The summed E-state index contributed by atoms with van der Waals surface area (Å²) >= 11 is 0. The van der Waals surface area contributed by atoms with Gasteiger partial charge in [-0.2, -0.15) is 22.0 Å². The normalized spacial score (nSPS) is 16.4. The van der Waals surface area contributed by atoms with E-state index < -0.39 is 81.3 Å². The van der Waals surface area contributed by atoms with Crippen molar-refractivity contribution in [1.29, 1.82) is 0 Å². The molecule has 1 fully saturated rings. The number of halogens is 11. The minimum Gasteiger partial charge on any atom is -0.429 e. The molecule has 0 aromatic heterocycles. The highest BCUT2D eigenvalue weighted by atomic mass is 19.3. The molecule has 0 spiro atoms. The summed E-state index contributed by atoms with van der Waals surface area (Å²) in [6.07, 6.45) is 2.28. The van der Waals surface area contributed by atoms with Gasteiger partial charge in [-0.15, -0.1) is 0 Å². The summed E-state index contributed by atoms with van der Waals surface area (Å²) in [6, 6.07) is 6.11. The van der Waals surface area contributed by atoms with Crippen LogP contribution >= 0.6 is 0 Å². The Hall–Kier alpha value is -4.81. The number of allylic oxidation sites excluding steroid dienone is 2. The van der Waals surface area contributed by atoms with E-state index in [9.17, 15) is 39.5 Å². The molecule has 1 aliphatic rings. The molecule has 1 saturated carbocycles. The molecule has 4 aromatic rings. The van der Waals surface area contributed by atoms with Crippen molar-refractivity contribution in [3.05, 3.63) is 131 Å². The molecule has 0 unspecified atom stereocenters. The number of rotatable bonds is 11. The molecule has 0 bridgehead atoms. The molecule has 0 saturated heterocycles. The SMILES string of the molecule is CC=CCCC1CCC(c2ccc(-c3ccc(-c4cc(F)c(C(F)(F)Oc5cc(F)c(OC(F)=C(F)F)c(F)c5)c(F)c4)c(F)c3)c(F)c2)CC1. The third-order valence-electron chi connectivity index (χ3n) is 8.77. The molecule has 5 rings (SSSR count). The fraction of sp³-hybridized carbons (Fsp3) is 0.263. The van der Waals surface area contributed by atoms with Gasteiger partial charge in [0.15, 0.2) is 11.6 Å². The minimum atomic E-state index is -4.93. The zero-order chi connectivity index (χ0) is 37.0. The quantitative estimate of drug-likeness (QED) is 0.0870. The van der Waals surface area contributed by atoms with Crippen LogP contribution in [0.15, 0.2) is 84.9 Å². The lowest BCUT2D eigenvalue weighted by atomic mass is 9.77. The molecule has 0 aliphatic heterocycles. The van der Waals surface area contributed by atoms with Crippen LogP contribution in [0.1, 0.15) is 62.5 Å². The zero-order valence-corrected chi connectivity index (χ0v) is 26.8. The average Bonchev–Trinajstić information content (AvgIpc) is 3.06. The van der Waals surface area contributed by atoms with E-state index in [1.807, 2.05) is 13.0 Å². The van der Waals surface area contributed by atoms with Crippen LogP contribution in [-0.4, -0.2) is 0 Å². The number of benzene rings is 4. The van der Waals surface area contributed by atoms with Crippen LogP contribution < -0.4 is 9.47 Å². The first-order valence-electron chi connectivity index (χ1n) is 15.8. The van der Waals surface area contributed by atoms with Crippen molar-refractivity contribution in [1.82, 2.24) is 0 Å². The van der Waals surface area contributed by atoms with Gasteiger partial charge >= 0.3 is 18.2 Å². The van der Waals surface area contributed by atoms with Crippen LogP contribution in [0.5, 0.6) is 11.5 Å². The Morgan fingerprint density at radius 1 is 0.706 bits per heavy atom. The Labute approximate surface area is 285 Å². The molecule has 1 aliphatic carbocycles. The Bertz CT molecular complexity index is 1910. The summed E-state index contributed by atoms with van der Waals surface area (Å²) < 4.78 is 164. The number of hydrogen-bond acceptors (Lipinski definition) is 2.